The van der Waals surface area contributed by atoms with E-state index in [4.69, 9.17) is 11.6 Å². The van der Waals surface area contributed by atoms with Gasteiger partial charge in [-0.2, -0.15) is 6.92 Å². The van der Waals surface area contributed by atoms with E-state index in [2.05, 4.69) is 41.0 Å². The molecule has 0 N–H and O–H groups in total. The van der Waals surface area contributed by atoms with E-state index < -0.39 is 0 Å². The molecule has 0 radical (unpaired) electrons. The Balaban J connectivity index is 0. The van der Waals surface area contributed by atoms with Gasteiger partial charge in [0.25, 0.3) is 0 Å². The van der Waals surface area contributed by atoms with Crippen molar-refractivity contribution in [2.24, 2.45) is 0 Å². The molecule has 0 aliphatic rings. The van der Waals surface area contributed by atoms with Gasteiger partial charge < -0.3 is 27.8 Å². The molecule has 0 atom stereocenters. The van der Waals surface area contributed by atoms with Gasteiger partial charge in [-0.3, -0.25) is 0 Å². The van der Waals surface area contributed by atoms with Crippen LogP contribution in [0.2, 0.25) is 5.15 Å². The third-order valence-electron chi connectivity index (χ3n) is 2.59. The molecular formula is C17H26ClLiN2O2-2. The number of hydrogen-bond donors (Lipinski definition) is 0. The van der Waals surface area contributed by atoms with Gasteiger partial charge in [0.15, 0.2) is 0 Å². The van der Waals surface area contributed by atoms with Crippen LogP contribution < -0.4 is 23.8 Å². The summed E-state index contributed by atoms with van der Waals surface area (Å²) < 4.78 is 4.42. The van der Waals surface area contributed by atoms with Crippen molar-refractivity contribution in [3.05, 3.63) is 36.2 Å². The molecule has 126 valence electrons. The van der Waals surface area contributed by atoms with E-state index in [1.165, 1.54) is 12.0 Å². The molecule has 0 saturated carbocycles. The molecule has 0 bridgehead atoms. The molecule has 0 unspecified atom stereocenters. The molecule has 0 fully saturated rings. The molecule has 1 heterocycles. The van der Waals surface area contributed by atoms with Crippen molar-refractivity contribution >= 4 is 23.9 Å². The van der Waals surface area contributed by atoms with Gasteiger partial charge in [0.2, 0.25) is 0 Å². The standard InChI is InChI=1S/C12H17ClN2.C5H9O2.Li/c1-4-7-15(6-3)12-9-10(5-2)8-11(13)14-12;1-5(2,3)7-4-6;/h4,8-9H,3,5-7H2,1-2H3;1-3H3;/q-2;-1;+1. The molecular weight excluding hydrogens is 307 g/mol. The van der Waals surface area contributed by atoms with Crippen molar-refractivity contribution in [3.8, 4) is 0 Å². The van der Waals surface area contributed by atoms with Crippen LogP contribution in [-0.4, -0.2) is 30.1 Å². The van der Waals surface area contributed by atoms with Crippen LogP contribution in [0.3, 0.4) is 0 Å². The molecule has 4 nitrogen and oxygen atoms in total. The normalized spacial score (nSPS) is 10.0. The van der Waals surface area contributed by atoms with Crippen LogP contribution >= 0.6 is 11.6 Å². The van der Waals surface area contributed by atoms with E-state index in [1.54, 1.807) is 20.8 Å². The maximum absolute atomic E-state index is 9.47. The van der Waals surface area contributed by atoms with Gasteiger partial charge in [0.05, 0.1) is 5.60 Å². The van der Waals surface area contributed by atoms with E-state index in [0.717, 1.165) is 18.8 Å². The maximum atomic E-state index is 9.47. The average molecular weight is 333 g/mol. The molecule has 0 amide bonds. The smallest absolute Gasteiger partial charge is 0.649 e. The zero-order valence-electron chi connectivity index (χ0n) is 15.1. The fourth-order valence-corrected chi connectivity index (χ4v) is 1.77. The van der Waals surface area contributed by atoms with Crippen LogP contribution in [0.15, 0.2) is 12.1 Å². The molecule has 0 saturated heterocycles. The number of aromatic nitrogens is 1. The molecule has 23 heavy (non-hydrogen) atoms. The predicted octanol–water partition coefficient (Wildman–Crippen LogP) is 1.03. The number of hydrogen-bond acceptors (Lipinski definition) is 4. The van der Waals surface area contributed by atoms with Gasteiger partial charge in [-0.25, -0.2) is 4.98 Å². The number of nitrogens with zero attached hydrogens (tertiary/aromatic N) is 2. The molecule has 1 aromatic heterocycles. The van der Waals surface area contributed by atoms with Crippen LogP contribution in [0.1, 0.15) is 40.2 Å². The summed E-state index contributed by atoms with van der Waals surface area (Å²) in [6, 6.07) is 3.97. The van der Waals surface area contributed by atoms with Gasteiger partial charge in [0, 0.05) is 0 Å². The van der Waals surface area contributed by atoms with Gasteiger partial charge in [-0.15, -0.1) is 13.1 Å². The Morgan fingerprint density at radius 3 is 2.39 bits per heavy atom. The number of halogens is 1. The quantitative estimate of drug-likeness (QED) is 0.443. The summed E-state index contributed by atoms with van der Waals surface area (Å²) in [5.74, 6) is 0.910. The second-order valence-electron chi connectivity index (χ2n) is 5.66. The number of rotatable bonds is 6. The fraction of sp³-hybridized carbons (Fsp3) is 0.529. The summed E-state index contributed by atoms with van der Waals surface area (Å²) >= 11 is 5.96. The first-order valence-electron chi connectivity index (χ1n) is 7.31. The largest absolute Gasteiger partial charge is 1.00 e. The van der Waals surface area contributed by atoms with Crippen molar-refractivity contribution in [2.45, 2.75) is 46.6 Å². The summed E-state index contributed by atoms with van der Waals surface area (Å²) in [7, 11) is 0. The Hall–Kier alpha value is -0.693. The second-order valence-corrected chi connectivity index (χ2v) is 6.05. The summed E-state index contributed by atoms with van der Waals surface area (Å²) in [4.78, 5) is 15.9. The number of anilines is 1. The zero-order valence-corrected chi connectivity index (χ0v) is 15.9. The number of carbonyl (C=O) groups excluding carboxylic acids is 1. The summed E-state index contributed by atoms with van der Waals surface area (Å²) in [5.41, 5.74) is 0.835. The van der Waals surface area contributed by atoms with Crippen molar-refractivity contribution in [2.75, 3.05) is 18.0 Å². The summed E-state index contributed by atoms with van der Waals surface area (Å²) in [6.45, 7) is 16.3. The zero-order chi connectivity index (χ0) is 17.2. The minimum Gasteiger partial charge on any atom is -0.649 e. The average Bonchev–Trinajstić information content (AvgIpc) is 2.43. The fourth-order valence-electron chi connectivity index (χ4n) is 1.55. The van der Waals surface area contributed by atoms with Crippen molar-refractivity contribution in [3.63, 3.8) is 0 Å². The number of pyridine rings is 1. The monoisotopic (exact) mass is 332 g/mol. The van der Waals surface area contributed by atoms with Crippen LogP contribution in [0, 0.1) is 13.3 Å². The van der Waals surface area contributed by atoms with Crippen molar-refractivity contribution in [1.82, 2.24) is 4.98 Å². The Morgan fingerprint density at radius 1 is 1.43 bits per heavy atom. The molecule has 1 rings (SSSR count). The van der Waals surface area contributed by atoms with E-state index >= 15 is 0 Å². The SMILES string of the molecule is CC(C)(C)O[C-]=O.[CH2-]CN(C[CH-]C)c1cc(CC)cc(Cl)n1.[Li+]. The molecule has 0 aliphatic carbocycles. The van der Waals surface area contributed by atoms with Gasteiger partial charge in [0.1, 0.15) is 11.0 Å². The summed E-state index contributed by atoms with van der Waals surface area (Å²) in [6.07, 6.45) is 3.05. The molecule has 1 aromatic rings. The first kappa shape index (κ1) is 24.6. The van der Waals surface area contributed by atoms with Gasteiger partial charge in [-0.05, 0) is 44.9 Å². The van der Waals surface area contributed by atoms with Crippen LogP contribution in [0.4, 0.5) is 5.82 Å². The Labute approximate surface area is 158 Å². The van der Waals surface area contributed by atoms with E-state index in [-0.39, 0.29) is 24.5 Å². The minimum absolute atomic E-state index is 0. The maximum Gasteiger partial charge on any atom is 1.00 e. The molecule has 0 aliphatic heterocycles. The molecule has 6 heteroatoms. The van der Waals surface area contributed by atoms with Crippen LogP contribution in [0.5, 0.6) is 0 Å². The number of aryl methyl sites for hydroxylation is 1. The van der Waals surface area contributed by atoms with E-state index in [1.807, 2.05) is 13.0 Å². The first-order chi connectivity index (χ1) is 10.3. The van der Waals surface area contributed by atoms with Crippen LogP contribution in [0.25, 0.3) is 0 Å². The number of ether oxygens (including phenoxy) is 1. The second kappa shape index (κ2) is 12.7. The van der Waals surface area contributed by atoms with Gasteiger partial charge >= 0.3 is 18.9 Å². The Morgan fingerprint density at radius 2 is 2.04 bits per heavy atom. The van der Waals surface area contributed by atoms with E-state index in [0.29, 0.717) is 11.7 Å². The van der Waals surface area contributed by atoms with Crippen molar-refractivity contribution < 1.29 is 28.4 Å². The van der Waals surface area contributed by atoms with Gasteiger partial charge in [-0.1, -0.05) is 25.0 Å². The van der Waals surface area contributed by atoms with E-state index in [9.17, 15) is 4.79 Å². The topological polar surface area (TPSA) is 42.4 Å². The molecule has 0 aromatic carbocycles. The third kappa shape index (κ3) is 11.5. The third-order valence-corrected chi connectivity index (χ3v) is 2.79. The first-order valence-corrected chi connectivity index (χ1v) is 7.68. The molecule has 0 spiro atoms. The Bertz CT molecular complexity index is 451. The Kier molecular flexibility index (Phi) is 13.6. The van der Waals surface area contributed by atoms with Crippen LogP contribution in [-0.2, 0) is 16.0 Å². The summed E-state index contributed by atoms with van der Waals surface area (Å²) in [5, 5.41) is 0.555. The predicted molar refractivity (Wildman–Crippen MR) is 92.7 cm³/mol. The van der Waals surface area contributed by atoms with Crippen molar-refractivity contribution in [1.29, 1.82) is 0 Å². The minimum atomic E-state index is -0.373.